The Bertz CT molecular complexity index is 626. The Labute approximate surface area is 109 Å². The molecule has 0 aliphatic rings. The van der Waals surface area contributed by atoms with Crippen molar-refractivity contribution >= 4 is 23.0 Å². The summed E-state index contributed by atoms with van der Waals surface area (Å²) in [7, 11) is 0. The highest BCUT2D eigenvalue weighted by atomic mass is 16.6. The summed E-state index contributed by atoms with van der Waals surface area (Å²) in [6.45, 7) is 0. The third-order valence-electron chi connectivity index (χ3n) is 2.53. The first kappa shape index (κ1) is 12.6. The highest BCUT2D eigenvalue weighted by Crippen LogP contribution is 2.24. The monoisotopic (exact) mass is 257 g/mol. The Morgan fingerprint density at radius 3 is 2.42 bits per heavy atom. The molecular formula is C13H11N3O3. The maximum Gasteiger partial charge on any atom is 0.271 e. The molecule has 0 atom stereocenters. The van der Waals surface area contributed by atoms with Gasteiger partial charge < -0.3 is 11.1 Å². The van der Waals surface area contributed by atoms with Gasteiger partial charge in [-0.25, -0.2) is 0 Å². The number of nitrogens with two attached hydrogens (primary N) is 1. The lowest BCUT2D eigenvalue weighted by Crippen LogP contribution is -2.13. The molecule has 0 aliphatic carbocycles. The SMILES string of the molecule is Nc1cc([N+](=O)[O-])ccc1NC(=O)c1ccccc1. The molecule has 6 nitrogen and oxygen atoms in total. The van der Waals surface area contributed by atoms with Crippen LogP contribution in [0.3, 0.4) is 0 Å². The minimum atomic E-state index is -0.543. The lowest BCUT2D eigenvalue weighted by atomic mass is 10.2. The number of nitro groups is 1. The molecule has 2 aromatic carbocycles. The quantitative estimate of drug-likeness (QED) is 0.501. The molecule has 6 heteroatoms. The van der Waals surface area contributed by atoms with Gasteiger partial charge in [0.1, 0.15) is 0 Å². The number of nitro benzene ring substituents is 1. The molecule has 0 unspecified atom stereocenters. The van der Waals surface area contributed by atoms with Crippen LogP contribution < -0.4 is 11.1 Å². The van der Waals surface area contributed by atoms with E-state index >= 15 is 0 Å². The van der Waals surface area contributed by atoms with Crippen molar-refractivity contribution in [2.75, 3.05) is 11.1 Å². The van der Waals surface area contributed by atoms with Gasteiger partial charge in [-0.3, -0.25) is 14.9 Å². The van der Waals surface area contributed by atoms with Gasteiger partial charge in [0.05, 0.1) is 16.3 Å². The molecule has 0 fully saturated rings. The smallest absolute Gasteiger partial charge is 0.271 e. The van der Waals surface area contributed by atoms with E-state index < -0.39 is 4.92 Å². The van der Waals surface area contributed by atoms with Crippen molar-refractivity contribution in [3.8, 4) is 0 Å². The van der Waals surface area contributed by atoms with E-state index in [2.05, 4.69) is 5.32 Å². The fraction of sp³-hybridized carbons (Fsp3) is 0. The van der Waals surface area contributed by atoms with Gasteiger partial charge in [-0.05, 0) is 18.2 Å². The van der Waals surface area contributed by atoms with Crippen LogP contribution in [0.4, 0.5) is 17.1 Å². The first-order chi connectivity index (χ1) is 9.08. The van der Waals surface area contributed by atoms with E-state index in [0.717, 1.165) is 0 Å². The van der Waals surface area contributed by atoms with Crippen LogP contribution in [-0.2, 0) is 0 Å². The first-order valence-corrected chi connectivity index (χ1v) is 5.48. The summed E-state index contributed by atoms with van der Waals surface area (Å²) in [6.07, 6.45) is 0. The zero-order valence-corrected chi connectivity index (χ0v) is 9.87. The van der Waals surface area contributed by atoms with Gasteiger partial charge in [-0.1, -0.05) is 18.2 Å². The summed E-state index contributed by atoms with van der Waals surface area (Å²) in [4.78, 5) is 21.9. The van der Waals surface area contributed by atoms with Gasteiger partial charge in [-0.15, -0.1) is 0 Å². The Kier molecular flexibility index (Phi) is 3.42. The number of carbonyl (C=O) groups excluding carboxylic acids is 1. The second kappa shape index (κ2) is 5.18. The molecule has 2 aromatic rings. The van der Waals surface area contributed by atoms with Crippen molar-refractivity contribution in [2.45, 2.75) is 0 Å². The van der Waals surface area contributed by atoms with Gasteiger partial charge in [0, 0.05) is 17.7 Å². The average molecular weight is 257 g/mol. The highest BCUT2D eigenvalue weighted by molar-refractivity contribution is 6.05. The molecule has 0 radical (unpaired) electrons. The lowest BCUT2D eigenvalue weighted by molar-refractivity contribution is -0.384. The number of benzene rings is 2. The Balaban J connectivity index is 2.20. The second-order valence-electron chi connectivity index (χ2n) is 3.85. The number of rotatable bonds is 3. The zero-order valence-electron chi connectivity index (χ0n) is 9.87. The number of non-ortho nitro benzene ring substituents is 1. The number of nitrogens with zero attached hydrogens (tertiary/aromatic N) is 1. The standard InChI is InChI=1S/C13H11N3O3/c14-11-8-10(16(18)19)6-7-12(11)15-13(17)9-4-2-1-3-5-9/h1-8H,14H2,(H,15,17). The number of carbonyl (C=O) groups is 1. The Morgan fingerprint density at radius 1 is 1.16 bits per heavy atom. The van der Waals surface area contributed by atoms with Gasteiger partial charge in [0.2, 0.25) is 0 Å². The van der Waals surface area contributed by atoms with Crippen LogP contribution in [0.15, 0.2) is 48.5 Å². The van der Waals surface area contributed by atoms with E-state index in [1.54, 1.807) is 30.3 Å². The molecular weight excluding hydrogens is 246 g/mol. The topological polar surface area (TPSA) is 98.3 Å². The molecule has 96 valence electrons. The number of nitrogens with one attached hydrogen (secondary N) is 1. The van der Waals surface area contributed by atoms with Crippen LogP contribution in [0.1, 0.15) is 10.4 Å². The summed E-state index contributed by atoms with van der Waals surface area (Å²) in [5.41, 5.74) is 6.54. The summed E-state index contributed by atoms with van der Waals surface area (Å²) >= 11 is 0. The molecule has 0 saturated heterocycles. The normalized spacial score (nSPS) is 9.89. The maximum atomic E-state index is 11.9. The molecule has 0 spiro atoms. The molecule has 0 saturated carbocycles. The van der Waals surface area contributed by atoms with Crippen LogP contribution in [0.2, 0.25) is 0 Å². The van der Waals surface area contributed by atoms with E-state index in [1.807, 2.05) is 0 Å². The van der Waals surface area contributed by atoms with Crippen molar-refractivity contribution in [1.82, 2.24) is 0 Å². The molecule has 19 heavy (non-hydrogen) atoms. The van der Waals surface area contributed by atoms with Crippen molar-refractivity contribution in [3.63, 3.8) is 0 Å². The molecule has 0 aromatic heterocycles. The van der Waals surface area contributed by atoms with Crippen molar-refractivity contribution in [2.24, 2.45) is 0 Å². The van der Waals surface area contributed by atoms with Crippen LogP contribution in [0.25, 0.3) is 0 Å². The summed E-state index contributed by atoms with van der Waals surface area (Å²) < 4.78 is 0. The second-order valence-corrected chi connectivity index (χ2v) is 3.85. The maximum absolute atomic E-state index is 11.9. The van der Waals surface area contributed by atoms with E-state index in [1.165, 1.54) is 18.2 Å². The minimum Gasteiger partial charge on any atom is -0.397 e. The van der Waals surface area contributed by atoms with Gasteiger partial charge in [0.25, 0.3) is 11.6 Å². The summed E-state index contributed by atoms with van der Waals surface area (Å²) in [5.74, 6) is -0.318. The summed E-state index contributed by atoms with van der Waals surface area (Å²) in [6, 6.07) is 12.5. The third kappa shape index (κ3) is 2.86. The number of anilines is 2. The predicted octanol–water partition coefficient (Wildman–Crippen LogP) is 2.43. The van der Waals surface area contributed by atoms with Crippen molar-refractivity contribution in [3.05, 3.63) is 64.2 Å². The fourth-order valence-corrected chi connectivity index (χ4v) is 1.56. The number of hydrogen-bond donors (Lipinski definition) is 2. The number of hydrogen-bond acceptors (Lipinski definition) is 4. The third-order valence-corrected chi connectivity index (χ3v) is 2.53. The minimum absolute atomic E-state index is 0.116. The number of amides is 1. The van der Waals surface area contributed by atoms with Crippen LogP contribution in [0.5, 0.6) is 0 Å². The first-order valence-electron chi connectivity index (χ1n) is 5.48. The zero-order chi connectivity index (χ0) is 13.8. The molecule has 1 amide bonds. The average Bonchev–Trinajstić information content (AvgIpc) is 2.41. The fourth-order valence-electron chi connectivity index (χ4n) is 1.56. The van der Waals surface area contributed by atoms with Crippen LogP contribution in [0, 0.1) is 10.1 Å². The van der Waals surface area contributed by atoms with Crippen molar-refractivity contribution < 1.29 is 9.72 Å². The van der Waals surface area contributed by atoms with Crippen molar-refractivity contribution in [1.29, 1.82) is 0 Å². The lowest BCUT2D eigenvalue weighted by Gasteiger charge is -2.07. The highest BCUT2D eigenvalue weighted by Gasteiger charge is 2.11. The van der Waals surface area contributed by atoms with E-state index in [0.29, 0.717) is 11.3 Å². The van der Waals surface area contributed by atoms with Gasteiger partial charge >= 0.3 is 0 Å². The molecule has 0 bridgehead atoms. The Morgan fingerprint density at radius 2 is 1.84 bits per heavy atom. The Hall–Kier alpha value is -2.89. The number of nitrogen functional groups attached to an aromatic ring is 1. The molecule has 3 N–H and O–H groups in total. The molecule has 0 aliphatic heterocycles. The van der Waals surface area contributed by atoms with E-state index in [4.69, 9.17) is 5.73 Å². The molecule has 2 rings (SSSR count). The molecule has 0 heterocycles. The van der Waals surface area contributed by atoms with Gasteiger partial charge in [0.15, 0.2) is 0 Å². The largest absolute Gasteiger partial charge is 0.397 e. The van der Waals surface area contributed by atoms with Crippen LogP contribution >= 0.6 is 0 Å². The van der Waals surface area contributed by atoms with E-state index in [9.17, 15) is 14.9 Å². The van der Waals surface area contributed by atoms with Gasteiger partial charge in [-0.2, -0.15) is 0 Å². The van der Waals surface area contributed by atoms with Crippen LogP contribution in [-0.4, -0.2) is 10.8 Å². The van der Waals surface area contributed by atoms with E-state index in [-0.39, 0.29) is 17.3 Å². The predicted molar refractivity (Wildman–Crippen MR) is 71.9 cm³/mol. The summed E-state index contributed by atoms with van der Waals surface area (Å²) in [5, 5.41) is 13.2.